The van der Waals surface area contributed by atoms with E-state index in [1.165, 1.54) is 6.07 Å². The second-order valence-corrected chi connectivity index (χ2v) is 2.93. The Morgan fingerprint density at radius 2 is 2.12 bits per heavy atom. The summed E-state index contributed by atoms with van der Waals surface area (Å²) < 4.78 is 12.9. The molecule has 0 aliphatic rings. The van der Waals surface area contributed by atoms with Gasteiger partial charge in [-0.3, -0.25) is 9.59 Å². The summed E-state index contributed by atoms with van der Waals surface area (Å²) in [6.07, 6.45) is -0.380. The molecule has 0 saturated carbocycles. The van der Waals surface area contributed by atoms with Crippen molar-refractivity contribution < 1.29 is 19.1 Å². The first-order chi connectivity index (χ1) is 7.50. The number of primary amides is 1. The Hall–Kier alpha value is -2.35. The van der Waals surface area contributed by atoms with Gasteiger partial charge in [0.25, 0.3) is 0 Å². The van der Waals surface area contributed by atoms with Crippen LogP contribution in [0.2, 0.25) is 0 Å². The molecule has 0 heterocycles. The number of hydrogen-bond acceptors (Lipinski definition) is 2. The van der Waals surface area contributed by atoms with Crippen molar-refractivity contribution in [3.63, 3.8) is 0 Å². The van der Waals surface area contributed by atoms with E-state index in [1.54, 1.807) is 0 Å². The van der Waals surface area contributed by atoms with Crippen molar-refractivity contribution in [3.05, 3.63) is 35.1 Å². The molecule has 0 bridgehead atoms. The molecule has 0 radical (unpaired) electrons. The molecule has 0 aromatic heterocycles. The highest BCUT2D eigenvalue weighted by Crippen LogP contribution is 2.09. The maximum Gasteiger partial charge on any atom is 0.315 e. The fourth-order valence-electron chi connectivity index (χ4n) is 1.05. The van der Waals surface area contributed by atoms with E-state index in [2.05, 4.69) is 11.8 Å². The van der Waals surface area contributed by atoms with Gasteiger partial charge < -0.3 is 10.8 Å². The molecule has 16 heavy (non-hydrogen) atoms. The Morgan fingerprint density at radius 1 is 1.44 bits per heavy atom. The van der Waals surface area contributed by atoms with Gasteiger partial charge in [0, 0.05) is 5.56 Å². The zero-order valence-corrected chi connectivity index (χ0v) is 8.16. The summed E-state index contributed by atoms with van der Waals surface area (Å²) in [5.74, 6) is 2.30. The fourth-order valence-corrected chi connectivity index (χ4v) is 1.05. The van der Waals surface area contributed by atoms with Crippen LogP contribution in [0.15, 0.2) is 18.2 Å². The van der Waals surface area contributed by atoms with Gasteiger partial charge in [0.15, 0.2) is 0 Å². The number of amides is 1. The quantitative estimate of drug-likeness (QED) is 0.723. The average molecular weight is 221 g/mol. The summed E-state index contributed by atoms with van der Waals surface area (Å²) in [7, 11) is 0. The third kappa shape index (κ3) is 3.10. The predicted molar refractivity (Wildman–Crippen MR) is 54.0 cm³/mol. The van der Waals surface area contributed by atoms with E-state index in [-0.39, 0.29) is 17.5 Å². The van der Waals surface area contributed by atoms with Crippen molar-refractivity contribution in [2.24, 2.45) is 5.73 Å². The Balaban J connectivity index is 3.08. The number of nitrogens with two attached hydrogens (primary N) is 1. The van der Waals surface area contributed by atoms with Gasteiger partial charge in [-0.25, -0.2) is 4.39 Å². The molecule has 1 aromatic carbocycles. The van der Waals surface area contributed by atoms with Gasteiger partial charge in [-0.15, -0.1) is 0 Å². The second-order valence-electron chi connectivity index (χ2n) is 2.93. The summed E-state index contributed by atoms with van der Waals surface area (Å²) in [6, 6.07) is 3.33. The summed E-state index contributed by atoms with van der Waals surface area (Å²) in [6.45, 7) is 0. The number of carboxylic acids is 1. The van der Waals surface area contributed by atoms with E-state index < -0.39 is 17.7 Å². The molecule has 5 heteroatoms. The molecule has 0 aliphatic heterocycles. The molecule has 0 aliphatic carbocycles. The van der Waals surface area contributed by atoms with Crippen molar-refractivity contribution >= 4 is 11.9 Å². The first-order valence-corrected chi connectivity index (χ1v) is 4.30. The van der Waals surface area contributed by atoms with Gasteiger partial charge >= 0.3 is 5.97 Å². The van der Waals surface area contributed by atoms with Crippen LogP contribution in [0, 0.1) is 17.7 Å². The maximum absolute atomic E-state index is 12.9. The van der Waals surface area contributed by atoms with Crippen molar-refractivity contribution in [1.29, 1.82) is 0 Å². The van der Waals surface area contributed by atoms with E-state index in [0.717, 1.165) is 12.1 Å². The highest BCUT2D eigenvalue weighted by molar-refractivity contribution is 5.95. The van der Waals surface area contributed by atoms with Crippen molar-refractivity contribution in [2.45, 2.75) is 6.42 Å². The molecule has 0 saturated heterocycles. The lowest BCUT2D eigenvalue weighted by Crippen LogP contribution is -2.12. The van der Waals surface area contributed by atoms with Gasteiger partial charge in [-0.1, -0.05) is 11.8 Å². The summed E-state index contributed by atoms with van der Waals surface area (Å²) >= 11 is 0. The van der Waals surface area contributed by atoms with Gasteiger partial charge in [0.05, 0.1) is 5.56 Å². The number of aliphatic carboxylic acids is 1. The first-order valence-electron chi connectivity index (χ1n) is 4.30. The maximum atomic E-state index is 12.9. The van der Waals surface area contributed by atoms with Crippen LogP contribution in [0.3, 0.4) is 0 Å². The van der Waals surface area contributed by atoms with Gasteiger partial charge in [-0.2, -0.15) is 0 Å². The number of carboxylic acid groups (broad SMARTS) is 1. The topological polar surface area (TPSA) is 80.4 Å². The average Bonchev–Trinajstić information content (AvgIpc) is 2.16. The van der Waals surface area contributed by atoms with Crippen molar-refractivity contribution in [2.75, 3.05) is 0 Å². The molecule has 0 fully saturated rings. The summed E-state index contributed by atoms with van der Waals surface area (Å²) in [5.41, 5.74) is 5.21. The molecule has 1 amide bonds. The molecule has 3 N–H and O–H groups in total. The fraction of sp³-hybridized carbons (Fsp3) is 0.0909. The summed E-state index contributed by atoms with van der Waals surface area (Å²) in [4.78, 5) is 21.2. The van der Waals surface area contributed by atoms with Crippen LogP contribution in [-0.2, 0) is 4.79 Å². The first kappa shape index (κ1) is 11.7. The van der Waals surface area contributed by atoms with E-state index in [0.29, 0.717) is 0 Å². The van der Waals surface area contributed by atoms with E-state index in [1.807, 2.05) is 0 Å². The van der Waals surface area contributed by atoms with Crippen molar-refractivity contribution in [1.82, 2.24) is 0 Å². The number of carbonyl (C=O) groups excluding carboxylic acids is 1. The van der Waals surface area contributed by atoms with Gasteiger partial charge in [0.2, 0.25) is 5.91 Å². The number of benzene rings is 1. The largest absolute Gasteiger partial charge is 0.481 e. The molecule has 1 rings (SSSR count). The monoisotopic (exact) mass is 221 g/mol. The Morgan fingerprint density at radius 3 is 2.69 bits per heavy atom. The van der Waals surface area contributed by atoms with Crippen LogP contribution in [0.4, 0.5) is 4.39 Å². The minimum atomic E-state index is -1.09. The Labute approximate surface area is 90.9 Å². The molecule has 4 nitrogen and oxygen atoms in total. The molecule has 82 valence electrons. The van der Waals surface area contributed by atoms with Gasteiger partial charge in [-0.05, 0) is 18.2 Å². The number of rotatable bonds is 2. The molecule has 0 unspecified atom stereocenters. The second kappa shape index (κ2) is 4.94. The zero-order valence-electron chi connectivity index (χ0n) is 8.16. The Kier molecular flexibility index (Phi) is 3.62. The van der Waals surface area contributed by atoms with Crippen LogP contribution in [-0.4, -0.2) is 17.0 Å². The lowest BCUT2D eigenvalue weighted by molar-refractivity contribution is -0.135. The SMILES string of the molecule is NC(=O)c1ccc(F)cc1C#CCC(=O)O. The predicted octanol–water partition coefficient (Wildman–Crippen LogP) is 0.751. The van der Waals surface area contributed by atoms with Gasteiger partial charge in [0.1, 0.15) is 12.2 Å². The number of hydrogen-bond donors (Lipinski definition) is 2. The third-order valence-electron chi connectivity index (χ3n) is 1.71. The van der Waals surface area contributed by atoms with Crippen LogP contribution in [0.25, 0.3) is 0 Å². The third-order valence-corrected chi connectivity index (χ3v) is 1.71. The molecule has 1 aromatic rings. The van der Waals surface area contributed by atoms with E-state index >= 15 is 0 Å². The Bertz CT molecular complexity index is 500. The summed E-state index contributed by atoms with van der Waals surface area (Å²) in [5, 5.41) is 8.36. The van der Waals surface area contributed by atoms with Crippen molar-refractivity contribution in [3.8, 4) is 11.8 Å². The van der Waals surface area contributed by atoms with Crippen LogP contribution in [0.1, 0.15) is 22.3 Å². The van der Waals surface area contributed by atoms with Crippen LogP contribution < -0.4 is 5.73 Å². The minimum Gasteiger partial charge on any atom is -0.481 e. The van der Waals surface area contributed by atoms with E-state index in [4.69, 9.17) is 10.8 Å². The normalized spacial score (nSPS) is 9.06. The zero-order chi connectivity index (χ0) is 12.1. The molecular weight excluding hydrogens is 213 g/mol. The van der Waals surface area contributed by atoms with Crippen LogP contribution >= 0.6 is 0 Å². The highest BCUT2D eigenvalue weighted by atomic mass is 19.1. The minimum absolute atomic E-state index is 0.0688. The highest BCUT2D eigenvalue weighted by Gasteiger charge is 2.06. The standard InChI is InChI=1S/C11H8FNO3/c12-8-4-5-9(11(13)16)7(6-8)2-1-3-10(14)15/h4-6H,3H2,(H2,13,16)(H,14,15). The lowest BCUT2D eigenvalue weighted by atomic mass is 10.1. The number of carbonyl (C=O) groups is 2. The molecule has 0 atom stereocenters. The number of halogens is 1. The molecule has 0 spiro atoms. The molecular formula is C11H8FNO3. The smallest absolute Gasteiger partial charge is 0.315 e. The van der Waals surface area contributed by atoms with Crippen LogP contribution in [0.5, 0.6) is 0 Å². The van der Waals surface area contributed by atoms with E-state index in [9.17, 15) is 14.0 Å². The lowest BCUT2D eigenvalue weighted by Gasteiger charge is -1.99.